The van der Waals surface area contributed by atoms with Gasteiger partial charge in [0.1, 0.15) is 12.1 Å². The zero-order valence-corrected chi connectivity index (χ0v) is 12.3. The lowest BCUT2D eigenvalue weighted by atomic mass is 10.0. The predicted octanol–water partition coefficient (Wildman–Crippen LogP) is 1.03. The molecule has 3 N–H and O–H groups in total. The Morgan fingerprint density at radius 1 is 1.00 bits per heavy atom. The van der Waals surface area contributed by atoms with Crippen molar-refractivity contribution in [2.75, 3.05) is 0 Å². The Labute approximate surface area is 123 Å². The summed E-state index contributed by atoms with van der Waals surface area (Å²) in [7, 11) is 0. The largest absolute Gasteiger partial charge is 0.480 e. The van der Waals surface area contributed by atoms with Gasteiger partial charge in [-0.05, 0) is 25.0 Å². The average molecular weight is 292 g/mol. The van der Waals surface area contributed by atoms with Crippen LogP contribution in [0.25, 0.3) is 0 Å². The Balaban J connectivity index is 2.63. The Bertz CT molecular complexity index is 514. The van der Waals surface area contributed by atoms with Crippen LogP contribution >= 0.6 is 0 Å². The van der Waals surface area contributed by atoms with Gasteiger partial charge in [0.15, 0.2) is 0 Å². The maximum absolute atomic E-state index is 11.9. The number of aliphatic carboxylic acids is 1. The molecule has 0 aromatic heterocycles. The second kappa shape index (κ2) is 7.42. The SMILES string of the molecule is CC(NC(=O)c1ccccc1)C(=O)N[C@H](C(=O)O)C(C)C. The molecule has 1 unspecified atom stereocenters. The van der Waals surface area contributed by atoms with Crippen molar-refractivity contribution in [3.63, 3.8) is 0 Å². The molecule has 1 aromatic carbocycles. The first kappa shape index (κ1) is 16.7. The van der Waals surface area contributed by atoms with Crippen LogP contribution in [0.3, 0.4) is 0 Å². The monoisotopic (exact) mass is 292 g/mol. The van der Waals surface area contributed by atoms with Gasteiger partial charge in [-0.15, -0.1) is 0 Å². The van der Waals surface area contributed by atoms with Gasteiger partial charge in [0.25, 0.3) is 5.91 Å². The van der Waals surface area contributed by atoms with Crippen molar-refractivity contribution in [3.8, 4) is 0 Å². The number of amides is 2. The zero-order chi connectivity index (χ0) is 16.0. The fourth-order valence-electron chi connectivity index (χ4n) is 1.73. The molecule has 0 fully saturated rings. The van der Waals surface area contributed by atoms with Crippen LogP contribution in [0.15, 0.2) is 30.3 Å². The summed E-state index contributed by atoms with van der Waals surface area (Å²) >= 11 is 0. The molecule has 0 aliphatic heterocycles. The normalized spacial score (nSPS) is 13.3. The summed E-state index contributed by atoms with van der Waals surface area (Å²) in [4.78, 5) is 34.9. The first-order chi connectivity index (χ1) is 9.82. The molecule has 0 aliphatic carbocycles. The van der Waals surface area contributed by atoms with Crippen LogP contribution in [0.5, 0.6) is 0 Å². The van der Waals surface area contributed by atoms with Gasteiger partial charge in [-0.25, -0.2) is 4.79 Å². The van der Waals surface area contributed by atoms with E-state index >= 15 is 0 Å². The lowest BCUT2D eigenvalue weighted by Gasteiger charge is -2.21. The highest BCUT2D eigenvalue weighted by Crippen LogP contribution is 2.03. The number of nitrogens with one attached hydrogen (secondary N) is 2. The van der Waals surface area contributed by atoms with E-state index in [0.29, 0.717) is 5.56 Å². The minimum Gasteiger partial charge on any atom is -0.480 e. The van der Waals surface area contributed by atoms with E-state index in [1.54, 1.807) is 44.2 Å². The summed E-state index contributed by atoms with van der Waals surface area (Å²) < 4.78 is 0. The van der Waals surface area contributed by atoms with E-state index in [0.717, 1.165) is 0 Å². The fraction of sp³-hybridized carbons (Fsp3) is 0.400. The molecule has 0 aliphatic rings. The summed E-state index contributed by atoms with van der Waals surface area (Å²) in [6, 6.07) is 6.69. The first-order valence-electron chi connectivity index (χ1n) is 6.72. The van der Waals surface area contributed by atoms with E-state index in [2.05, 4.69) is 10.6 Å². The van der Waals surface area contributed by atoms with Crippen molar-refractivity contribution in [2.24, 2.45) is 5.92 Å². The quantitative estimate of drug-likeness (QED) is 0.729. The van der Waals surface area contributed by atoms with Crippen molar-refractivity contribution < 1.29 is 19.5 Å². The van der Waals surface area contributed by atoms with Crippen LogP contribution in [-0.4, -0.2) is 35.0 Å². The number of hydrogen-bond acceptors (Lipinski definition) is 3. The van der Waals surface area contributed by atoms with Crippen LogP contribution in [0, 0.1) is 5.92 Å². The van der Waals surface area contributed by atoms with Crippen molar-refractivity contribution in [1.82, 2.24) is 10.6 Å². The van der Waals surface area contributed by atoms with E-state index in [1.807, 2.05) is 0 Å². The molecule has 0 heterocycles. The molecule has 0 bridgehead atoms. The molecular weight excluding hydrogens is 272 g/mol. The Kier molecular flexibility index (Phi) is 5.90. The molecule has 0 saturated heterocycles. The molecule has 1 aromatic rings. The van der Waals surface area contributed by atoms with Gasteiger partial charge in [0, 0.05) is 5.56 Å². The van der Waals surface area contributed by atoms with Crippen molar-refractivity contribution in [1.29, 1.82) is 0 Å². The topological polar surface area (TPSA) is 95.5 Å². The number of benzene rings is 1. The number of carboxylic acids is 1. The molecule has 0 radical (unpaired) electrons. The van der Waals surface area contributed by atoms with Crippen LogP contribution in [-0.2, 0) is 9.59 Å². The first-order valence-corrected chi connectivity index (χ1v) is 6.72. The van der Waals surface area contributed by atoms with Gasteiger partial charge >= 0.3 is 5.97 Å². The number of carboxylic acid groups (broad SMARTS) is 1. The number of carbonyl (C=O) groups excluding carboxylic acids is 2. The zero-order valence-electron chi connectivity index (χ0n) is 12.3. The number of hydrogen-bond donors (Lipinski definition) is 3. The molecule has 6 heteroatoms. The van der Waals surface area contributed by atoms with E-state index in [1.165, 1.54) is 6.92 Å². The molecule has 2 amide bonds. The standard InChI is InChI=1S/C15H20N2O4/c1-9(2)12(15(20)21)17-13(18)10(3)16-14(19)11-7-5-4-6-8-11/h4-10,12H,1-3H3,(H,16,19)(H,17,18)(H,20,21)/t10?,12-/m0/s1. The molecule has 2 atom stereocenters. The molecular formula is C15H20N2O4. The summed E-state index contributed by atoms with van der Waals surface area (Å²) in [5.41, 5.74) is 0.441. The minimum absolute atomic E-state index is 0.247. The van der Waals surface area contributed by atoms with Crippen LogP contribution < -0.4 is 10.6 Å². The van der Waals surface area contributed by atoms with Gasteiger partial charge in [-0.3, -0.25) is 9.59 Å². The molecule has 1 rings (SSSR count). The second-order valence-electron chi connectivity index (χ2n) is 5.13. The third-order valence-corrected chi connectivity index (χ3v) is 3.01. The fourth-order valence-corrected chi connectivity index (χ4v) is 1.73. The van der Waals surface area contributed by atoms with E-state index in [-0.39, 0.29) is 11.8 Å². The number of rotatable bonds is 6. The lowest BCUT2D eigenvalue weighted by molar-refractivity contribution is -0.143. The van der Waals surface area contributed by atoms with E-state index in [4.69, 9.17) is 5.11 Å². The Morgan fingerprint density at radius 2 is 1.57 bits per heavy atom. The molecule has 114 valence electrons. The maximum Gasteiger partial charge on any atom is 0.326 e. The maximum atomic E-state index is 11.9. The highest BCUT2D eigenvalue weighted by molar-refractivity contribution is 5.97. The third kappa shape index (κ3) is 4.91. The second-order valence-corrected chi connectivity index (χ2v) is 5.13. The Morgan fingerprint density at radius 3 is 2.05 bits per heavy atom. The van der Waals surface area contributed by atoms with Gasteiger partial charge in [-0.2, -0.15) is 0 Å². The molecule has 6 nitrogen and oxygen atoms in total. The van der Waals surface area contributed by atoms with Gasteiger partial charge < -0.3 is 15.7 Å². The van der Waals surface area contributed by atoms with Crippen molar-refractivity contribution in [2.45, 2.75) is 32.9 Å². The van der Waals surface area contributed by atoms with E-state index < -0.39 is 24.0 Å². The summed E-state index contributed by atoms with van der Waals surface area (Å²) in [6.45, 7) is 4.91. The van der Waals surface area contributed by atoms with Gasteiger partial charge in [0.2, 0.25) is 5.91 Å². The minimum atomic E-state index is -1.10. The molecule has 21 heavy (non-hydrogen) atoms. The smallest absolute Gasteiger partial charge is 0.326 e. The Hall–Kier alpha value is -2.37. The predicted molar refractivity (Wildman–Crippen MR) is 77.8 cm³/mol. The van der Waals surface area contributed by atoms with Gasteiger partial charge in [0.05, 0.1) is 0 Å². The highest BCUT2D eigenvalue weighted by Gasteiger charge is 2.26. The van der Waals surface area contributed by atoms with E-state index in [9.17, 15) is 14.4 Å². The lowest BCUT2D eigenvalue weighted by Crippen LogP contribution is -2.52. The summed E-state index contributed by atoms with van der Waals surface area (Å²) in [5.74, 6) is -2.25. The van der Waals surface area contributed by atoms with Crippen molar-refractivity contribution in [3.05, 3.63) is 35.9 Å². The van der Waals surface area contributed by atoms with Crippen molar-refractivity contribution >= 4 is 17.8 Å². The molecule has 0 spiro atoms. The summed E-state index contributed by atoms with van der Waals surface area (Å²) in [6.07, 6.45) is 0. The van der Waals surface area contributed by atoms with Crippen LogP contribution in [0.1, 0.15) is 31.1 Å². The average Bonchev–Trinajstić information content (AvgIpc) is 2.44. The van der Waals surface area contributed by atoms with Crippen LogP contribution in [0.4, 0.5) is 0 Å². The highest BCUT2D eigenvalue weighted by atomic mass is 16.4. The number of carbonyl (C=O) groups is 3. The van der Waals surface area contributed by atoms with Gasteiger partial charge in [-0.1, -0.05) is 32.0 Å². The van der Waals surface area contributed by atoms with Crippen LogP contribution in [0.2, 0.25) is 0 Å². The molecule has 0 saturated carbocycles. The summed E-state index contributed by atoms with van der Waals surface area (Å²) in [5, 5.41) is 14.0. The third-order valence-electron chi connectivity index (χ3n) is 3.01.